The van der Waals surface area contributed by atoms with Crippen molar-refractivity contribution in [2.24, 2.45) is 4.99 Å². The van der Waals surface area contributed by atoms with Crippen LogP contribution in [0.4, 0.5) is 0 Å². The highest BCUT2D eigenvalue weighted by Gasteiger charge is 2.30. The van der Waals surface area contributed by atoms with Gasteiger partial charge in [-0.3, -0.25) is 5.32 Å². The van der Waals surface area contributed by atoms with E-state index in [0.29, 0.717) is 0 Å². The van der Waals surface area contributed by atoms with Crippen molar-refractivity contribution in [1.82, 2.24) is 15.2 Å². The van der Waals surface area contributed by atoms with Gasteiger partial charge in [-0.05, 0) is 89.5 Å². The van der Waals surface area contributed by atoms with Crippen LogP contribution in [0.1, 0.15) is 29.0 Å². The van der Waals surface area contributed by atoms with Crippen LogP contribution in [-0.2, 0) is 0 Å². The zero-order valence-corrected chi connectivity index (χ0v) is 41.1. The average molecular weight is 979 g/mol. The van der Waals surface area contributed by atoms with Gasteiger partial charge in [-0.2, -0.15) is 0 Å². The standard InChI is InChI=1S/C63H38N4S4/c1-5-19-48-38(12-1)39-13-2-6-20-49(39)67(48)37-28-30-41-40-29-26-36(33-56(40)71-57(41)34-37)35-27-31-52-47(32-35)60-46(18-11-25-55(60)70-52)63-65-61(44-16-9-23-53-58(44)42-14-3-7-21-50(42)68-53)64-62(66-63)45-17-10-24-54-59(45)43-15-4-8-22-51(43)69-54/h1-34,61,63,65H,(H,64,66). The normalized spacial score (nSPS) is 15.5. The molecule has 0 aliphatic carbocycles. The Hall–Kier alpha value is -7.69. The van der Waals surface area contributed by atoms with Gasteiger partial charge in [0, 0.05) is 108 Å². The highest BCUT2D eigenvalue weighted by molar-refractivity contribution is 7.27. The summed E-state index contributed by atoms with van der Waals surface area (Å²) in [6, 6.07) is 76.4. The second kappa shape index (κ2) is 15.4. The number of para-hydroxylation sites is 2. The molecule has 334 valence electrons. The van der Waals surface area contributed by atoms with Crippen molar-refractivity contribution in [1.29, 1.82) is 0 Å². The molecule has 15 aromatic rings. The van der Waals surface area contributed by atoms with Crippen LogP contribution in [0, 0.1) is 0 Å². The van der Waals surface area contributed by atoms with Crippen molar-refractivity contribution < 1.29 is 0 Å². The number of hydrogen-bond acceptors (Lipinski definition) is 7. The van der Waals surface area contributed by atoms with E-state index in [2.05, 4.69) is 221 Å². The molecule has 0 bridgehead atoms. The minimum absolute atomic E-state index is 0.212. The SMILES string of the molecule is c1ccc2c(c1)sc1cccc(C3=NC(c4cccc5sc6ccc(-c7ccc8c(c7)sc7cc(-n9c%10ccccc%10c%10ccccc%109)ccc78)cc6c45)NC(c4cccc5sc6ccccc6c45)N3)c12. The Morgan fingerprint density at radius 1 is 0.366 bits per heavy atom. The van der Waals surface area contributed by atoms with E-state index >= 15 is 0 Å². The summed E-state index contributed by atoms with van der Waals surface area (Å²) >= 11 is 7.46. The van der Waals surface area contributed by atoms with Crippen molar-refractivity contribution in [3.8, 4) is 16.8 Å². The zero-order chi connectivity index (χ0) is 46.3. The van der Waals surface area contributed by atoms with E-state index in [9.17, 15) is 0 Å². The van der Waals surface area contributed by atoms with Crippen molar-refractivity contribution in [3.63, 3.8) is 0 Å². The molecule has 0 radical (unpaired) electrons. The third-order valence-electron chi connectivity index (χ3n) is 14.7. The molecule has 2 N–H and O–H groups in total. The summed E-state index contributed by atoms with van der Waals surface area (Å²) in [5.74, 6) is 0.903. The van der Waals surface area contributed by atoms with Crippen LogP contribution < -0.4 is 10.6 Å². The van der Waals surface area contributed by atoms with Gasteiger partial charge in [-0.15, -0.1) is 45.3 Å². The minimum Gasteiger partial charge on any atom is -0.350 e. The van der Waals surface area contributed by atoms with E-state index in [1.807, 2.05) is 45.3 Å². The lowest BCUT2D eigenvalue weighted by Crippen LogP contribution is -2.45. The van der Waals surface area contributed by atoms with Crippen molar-refractivity contribution >= 4 is 154 Å². The number of nitrogens with zero attached hydrogens (tertiary/aromatic N) is 2. The van der Waals surface area contributed by atoms with Crippen LogP contribution >= 0.6 is 45.3 Å². The summed E-state index contributed by atoms with van der Waals surface area (Å²) in [7, 11) is 0. The first-order chi connectivity index (χ1) is 35.2. The molecule has 10 aromatic carbocycles. The van der Waals surface area contributed by atoms with Gasteiger partial charge in [0.25, 0.3) is 0 Å². The maximum Gasteiger partial charge on any atom is 0.132 e. The molecule has 0 amide bonds. The summed E-state index contributed by atoms with van der Waals surface area (Å²) in [6.45, 7) is 0. The molecular formula is C63H38N4S4. The largest absolute Gasteiger partial charge is 0.350 e. The summed E-state index contributed by atoms with van der Waals surface area (Å²) in [4.78, 5) is 5.69. The van der Waals surface area contributed by atoms with Gasteiger partial charge in [-0.1, -0.05) is 133 Å². The Morgan fingerprint density at radius 3 is 1.62 bits per heavy atom. The Kier molecular flexibility index (Phi) is 8.70. The molecule has 0 saturated carbocycles. The average Bonchev–Trinajstić information content (AvgIpc) is 4.25. The monoisotopic (exact) mass is 978 g/mol. The number of fused-ring (bicyclic) bond motifs is 15. The van der Waals surface area contributed by atoms with Crippen molar-refractivity contribution in [3.05, 3.63) is 223 Å². The number of hydrogen-bond donors (Lipinski definition) is 2. The third-order valence-corrected chi connectivity index (χ3v) is 19.2. The second-order valence-corrected chi connectivity index (χ2v) is 23.0. The molecule has 16 rings (SSSR count). The molecule has 1 aliphatic rings. The van der Waals surface area contributed by atoms with Crippen molar-refractivity contribution in [2.75, 3.05) is 0 Å². The fraction of sp³-hybridized carbons (Fsp3) is 0.0317. The van der Waals surface area contributed by atoms with Gasteiger partial charge in [0.15, 0.2) is 0 Å². The van der Waals surface area contributed by atoms with E-state index in [4.69, 9.17) is 4.99 Å². The predicted molar refractivity (Wildman–Crippen MR) is 309 cm³/mol. The van der Waals surface area contributed by atoms with Gasteiger partial charge < -0.3 is 9.88 Å². The maximum atomic E-state index is 5.69. The number of aromatic nitrogens is 1. The van der Waals surface area contributed by atoms with E-state index in [1.165, 1.54) is 130 Å². The Labute approximate surface area is 423 Å². The van der Waals surface area contributed by atoms with E-state index in [-0.39, 0.29) is 12.3 Å². The maximum absolute atomic E-state index is 5.69. The molecule has 4 nitrogen and oxygen atoms in total. The summed E-state index contributed by atoms with van der Waals surface area (Å²) in [5.41, 5.74) is 9.61. The van der Waals surface area contributed by atoms with Gasteiger partial charge in [0.2, 0.25) is 0 Å². The molecule has 0 saturated heterocycles. The van der Waals surface area contributed by atoms with E-state index in [0.717, 1.165) is 11.4 Å². The van der Waals surface area contributed by atoms with Crippen LogP contribution in [0.5, 0.6) is 0 Å². The van der Waals surface area contributed by atoms with E-state index in [1.54, 1.807) is 0 Å². The summed E-state index contributed by atoms with van der Waals surface area (Å²) < 4.78 is 12.7. The molecule has 0 spiro atoms. The second-order valence-electron chi connectivity index (χ2n) is 18.6. The summed E-state index contributed by atoms with van der Waals surface area (Å²) in [5, 5.41) is 20.8. The van der Waals surface area contributed by atoms with Crippen LogP contribution in [0.15, 0.2) is 211 Å². The number of benzene rings is 10. The number of amidine groups is 1. The van der Waals surface area contributed by atoms with Crippen LogP contribution in [0.2, 0.25) is 0 Å². The Bertz CT molecular complexity index is 4700. The molecule has 1 aliphatic heterocycles. The first kappa shape index (κ1) is 40.1. The highest BCUT2D eigenvalue weighted by atomic mass is 32.1. The third kappa shape index (κ3) is 6.06. The fourth-order valence-electron chi connectivity index (χ4n) is 11.6. The first-order valence-electron chi connectivity index (χ1n) is 24.0. The molecule has 2 unspecified atom stereocenters. The topological polar surface area (TPSA) is 41.4 Å². The number of rotatable bonds is 5. The minimum atomic E-state index is -0.330. The lowest BCUT2D eigenvalue weighted by molar-refractivity contribution is 0.413. The van der Waals surface area contributed by atoms with Gasteiger partial charge >= 0.3 is 0 Å². The smallest absolute Gasteiger partial charge is 0.132 e. The molecule has 5 aromatic heterocycles. The Balaban J connectivity index is 0.835. The zero-order valence-electron chi connectivity index (χ0n) is 37.8. The quantitative estimate of drug-likeness (QED) is 0.180. The lowest BCUT2D eigenvalue weighted by atomic mass is 9.97. The molecule has 71 heavy (non-hydrogen) atoms. The molecule has 8 heteroatoms. The first-order valence-corrected chi connectivity index (χ1v) is 27.3. The van der Waals surface area contributed by atoms with E-state index < -0.39 is 0 Å². The van der Waals surface area contributed by atoms with Crippen LogP contribution in [0.3, 0.4) is 0 Å². The van der Waals surface area contributed by atoms with Gasteiger partial charge in [-0.25, -0.2) is 4.99 Å². The van der Waals surface area contributed by atoms with Crippen molar-refractivity contribution in [2.45, 2.75) is 12.3 Å². The highest BCUT2D eigenvalue weighted by Crippen LogP contribution is 2.45. The van der Waals surface area contributed by atoms with Crippen LogP contribution in [-0.4, -0.2) is 10.4 Å². The van der Waals surface area contributed by atoms with Gasteiger partial charge in [0.05, 0.1) is 11.0 Å². The molecule has 2 atom stereocenters. The molecular weight excluding hydrogens is 941 g/mol. The number of nitrogens with one attached hydrogen (secondary N) is 2. The Morgan fingerprint density at radius 2 is 0.887 bits per heavy atom. The summed E-state index contributed by atoms with van der Waals surface area (Å²) in [6.07, 6.45) is -0.541. The van der Waals surface area contributed by atoms with Crippen LogP contribution in [0.25, 0.3) is 119 Å². The number of thiophene rings is 4. The lowest BCUT2D eigenvalue weighted by Gasteiger charge is -2.33. The van der Waals surface area contributed by atoms with Gasteiger partial charge in [0.1, 0.15) is 18.2 Å². The number of aliphatic imine (C=N–C) groups is 1. The molecule has 0 fully saturated rings. The fourth-order valence-corrected chi connectivity index (χ4v) is 16.1. The molecule has 6 heterocycles. The predicted octanol–water partition coefficient (Wildman–Crippen LogP) is 18.3.